The van der Waals surface area contributed by atoms with Crippen LogP contribution < -0.4 is 0 Å². The summed E-state index contributed by atoms with van der Waals surface area (Å²) in [4.78, 5) is 38.0. The highest BCUT2D eigenvalue weighted by Gasteiger charge is 2.19. The zero-order valence-corrected chi connectivity index (χ0v) is 51.1. The first kappa shape index (κ1) is 74.3. The van der Waals surface area contributed by atoms with Crippen LogP contribution >= 0.6 is 0 Å². The number of carbonyl (C=O) groups excluding carboxylic acids is 3. The Bertz CT molecular complexity index is 1730. The summed E-state index contributed by atoms with van der Waals surface area (Å²) >= 11 is 0. The molecule has 0 N–H and O–H groups in total. The minimum atomic E-state index is -0.788. The van der Waals surface area contributed by atoms with E-state index >= 15 is 0 Å². The van der Waals surface area contributed by atoms with Crippen LogP contribution in [0.25, 0.3) is 0 Å². The van der Waals surface area contributed by atoms with Crippen molar-refractivity contribution in [2.45, 2.75) is 284 Å². The van der Waals surface area contributed by atoms with Crippen LogP contribution in [0, 0.1) is 0 Å². The van der Waals surface area contributed by atoms with E-state index < -0.39 is 6.10 Å². The van der Waals surface area contributed by atoms with E-state index in [9.17, 15) is 14.4 Å². The van der Waals surface area contributed by atoms with Crippen LogP contribution in [0.5, 0.6) is 0 Å². The van der Waals surface area contributed by atoms with Gasteiger partial charge in [0.1, 0.15) is 13.2 Å². The third-order valence-corrected chi connectivity index (χ3v) is 13.3. The third-order valence-electron chi connectivity index (χ3n) is 13.3. The number of rotatable bonds is 57. The van der Waals surface area contributed by atoms with Crippen molar-refractivity contribution < 1.29 is 28.6 Å². The van der Waals surface area contributed by atoms with Crippen molar-refractivity contribution >= 4 is 17.9 Å². The Morgan fingerprint density at radius 1 is 0.266 bits per heavy atom. The number of allylic oxidation sites excluding steroid dienone is 24. The minimum Gasteiger partial charge on any atom is -0.462 e. The molecular formula is C73H118O6. The van der Waals surface area contributed by atoms with Crippen molar-refractivity contribution in [3.63, 3.8) is 0 Å². The average molecular weight is 1090 g/mol. The maximum Gasteiger partial charge on any atom is 0.306 e. The van der Waals surface area contributed by atoms with Crippen LogP contribution in [0.15, 0.2) is 146 Å². The molecule has 0 rings (SSSR count). The zero-order valence-electron chi connectivity index (χ0n) is 51.1. The summed E-state index contributed by atoms with van der Waals surface area (Å²) in [7, 11) is 0. The van der Waals surface area contributed by atoms with Gasteiger partial charge in [0.15, 0.2) is 6.10 Å². The molecule has 0 spiro atoms. The maximum atomic E-state index is 12.8. The van der Waals surface area contributed by atoms with Crippen molar-refractivity contribution in [1.82, 2.24) is 0 Å². The number of hydrogen-bond donors (Lipinski definition) is 0. The van der Waals surface area contributed by atoms with Crippen LogP contribution in [0.4, 0.5) is 0 Å². The molecule has 0 radical (unpaired) electrons. The molecule has 0 bridgehead atoms. The molecule has 0 aliphatic heterocycles. The molecule has 0 aromatic rings. The van der Waals surface area contributed by atoms with Gasteiger partial charge in [0, 0.05) is 19.3 Å². The number of hydrogen-bond acceptors (Lipinski definition) is 6. The number of carbonyl (C=O) groups is 3. The molecule has 0 aromatic carbocycles. The van der Waals surface area contributed by atoms with Crippen molar-refractivity contribution in [3.8, 4) is 0 Å². The van der Waals surface area contributed by atoms with Crippen molar-refractivity contribution in [3.05, 3.63) is 146 Å². The number of esters is 3. The summed E-state index contributed by atoms with van der Waals surface area (Å²) in [6, 6.07) is 0. The summed E-state index contributed by atoms with van der Waals surface area (Å²) < 4.78 is 16.8. The molecule has 0 aliphatic rings. The quantitative estimate of drug-likeness (QED) is 0.0261. The van der Waals surface area contributed by atoms with Gasteiger partial charge in [-0.2, -0.15) is 0 Å². The average Bonchev–Trinajstić information content (AvgIpc) is 3.45. The SMILES string of the molecule is CC/C=C\C/C=C\C/C=C\C/C=C\C/C=C\C/C=C\C/C=C\C/C=C\CCCCCCCCC(=O)OCC(COC(=O)CCCCCCC)OC(=O)CCCCCCCCCCCCCC/C=C\C/C=C\C/C=C\C/C=C\CC. The van der Waals surface area contributed by atoms with Gasteiger partial charge in [-0.05, 0) is 122 Å². The Hall–Kier alpha value is -4.71. The topological polar surface area (TPSA) is 78.9 Å². The molecular weight excluding hydrogens is 973 g/mol. The molecule has 0 aromatic heterocycles. The molecule has 0 heterocycles. The Kier molecular flexibility index (Phi) is 61.9. The molecule has 79 heavy (non-hydrogen) atoms. The second-order valence-corrected chi connectivity index (χ2v) is 20.9. The lowest BCUT2D eigenvalue weighted by atomic mass is 10.0. The molecule has 0 aliphatic carbocycles. The van der Waals surface area contributed by atoms with Gasteiger partial charge in [-0.15, -0.1) is 0 Å². The van der Waals surface area contributed by atoms with Gasteiger partial charge in [-0.1, -0.05) is 282 Å². The molecule has 6 nitrogen and oxygen atoms in total. The normalized spacial score (nSPS) is 13.1. The second kappa shape index (κ2) is 65.8. The number of unbranched alkanes of at least 4 members (excludes halogenated alkanes) is 22. The summed E-state index contributed by atoms with van der Waals surface area (Å²) in [6.07, 6.45) is 94.7. The van der Waals surface area contributed by atoms with E-state index in [1.165, 1.54) is 83.5 Å². The molecule has 1 atom stereocenters. The van der Waals surface area contributed by atoms with Crippen molar-refractivity contribution in [1.29, 1.82) is 0 Å². The Morgan fingerprint density at radius 2 is 0.494 bits per heavy atom. The summed E-state index contributed by atoms with van der Waals surface area (Å²) in [5, 5.41) is 0. The maximum absolute atomic E-state index is 12.8. The van der Waals surface area contributed by atoms with Crippen LogP contribution in [-0.4, -0.2) is 37.2 Å². The molecule has 0 saturated heterocycles. The molecule has 0 saturated carbocycles. The van der Waals surface area contributed by atoms with Crippen molar-refractivity contribution in [2.75, 3.05) is 13.2 Å². The lowest BCUT2D eigenvalue weighted by molar-refractivity contribution is -0.167. The van der Waals surface area contributed by atoms with Gasteiger partial charge in [0.2, 0.25) is 0 Å². The third kappa shape index (κ3) is 64.0. The van der Waals surface area contributed by atoms with Crippen LogP contribution in [0.3, 0.4) is 0 Å². The Morgan fingerprint density at radius 3 is 0.772 bits per heavy atom. The standard InChI is InChI=1S/C73H118O6/c1-4-7-10-13-15-17-19-21-23-25-27-29-31-33-34-35-36-37-38-40-41-43-45-47-49-51-53-55-57-60-63-66-72(75)78-69-70(68-77-71(74)65-62-59-12-9-6-3)79-73(76)67-64-61-58-56-54-52-50-48-46-44-42-39-32-30-28-26-24-22-20-18-16-14-11-8-5-2/h7-8,10-11,15-18,21-24,27-30,33-34,36-37,40-41,45,47,70H,4-6,9,12-14,19-20,25-26,31-32,35,38-39,42-44,46,48-69H2,1-3H3/b10-7-,11-8-,17-15-,18-16-,23-21-,24-22-,29-27-,30-28-,34-33-,37-36-,41-40-,47-45-. The highest BCUT2D eigenvalue weighted by molar-refractivity contribution is 5.71. The van der Waals surface area contributed by atoms with Crippen LogP contribution in [-0.2, 0) is 28.6 Å². The lowest BCUT2D eigenvalue weighted by Crippen LogP contribution is -2.30. The largest absolute Gasteiger partial charge is 0.462 e. The van der Waals surface area contributed by atoms with E-state index in [1.807, 2.05) is 0 Å². The molecule has 0 amide bonds. The first-order valence-corrected chi connectivity index (χ1v) is 32.3. The van der Waals surface area contributed by atoms with Crippen LogP contribution in [0.1, 0.15) is 278 Å². The zero-order chi connectivity index (χ0) is 57.1. The van der Waals surface area contributed by atoms with Gasteiger partial charge in [-0.25, -0.2) is 0 Å². The molecule has 446 valence electrons. The molecule has 1 unspecified atom stereocenters. The van der Waals surface area contributed by atoms with Crippen molar-refractivity contribution in [2.24, 2.45) is 0 Å². The van der Waals surface area contributed by atoms with E-state index in [0.29, 0.717) is 19.3 Å². The highest BCUT2D eigenvalue weighted by Crippen LogP contribution is 2.15. The van der Waals surface area contributed by atoms with Gasteiger partial charge >= 0.3 is 17.9 Å². The Labute approximate surface area is 487 Å². The predicted octanol–water partition coefficient (Wildman–Crippen LogP) is 22.3. The fourth-order valence-electron chi connectivity index (χ4n) is 8.57. The minimum absolute atomic E-state index is 0.0875. The first-order valence-electron chi connectivity index (χ1n) is 32.3. The first-order chi connectivity index (χ1) is 39.0. The van der Waals surface area contributed by atoms with Gasteiger partial charge in [-0.3, -0.25) is 14.4 Å². The molecule has 6 heteroatoms. The van der Waals surface area contributed by atoms with Crippen LogP contribution in [0.2, 0.25) is 0 Å². The summed E-state index contributed by atoms with van der Waals surface area (Å²) in [5.41, 5.74) is 0. The van der Waals surface area contributed by atoms with Gasteiger partial charge < -0.3 is 14.2 Å². The number of ether oxygens (including phenoxy) is 3. The summed E-state index contributed by atoms with van der Waals surface area (Å²) in [6.45, 7) is 6.32. The Balaban J connectivity index is 4.11. The fourth-order valence-corrected chi connectivity index (χ4v) is 8.57. The van der Waals surface area contributed by atoms with E-state index in [2.05, 4.69) is 167 Å². The smallest absolute Gasteiger partial charge is 0.306 e. The van der Waals surface area contributed by atoms with E-state index in [-0.39, 0.29) is 31.1 Å². The van der Waals surface area contributed by atoms with Gasteiger partial charge in [0.25, 0.3) is 0 Å². The van der Waals surface area contributed by atoms with E-state index in [1.54, 1.807) is 0 Å². The second-order valence-electron chi connectivity index (χ2n) is 20.9. The summed E-state index contributed by atoms with van der Waals surface area (Å²) in [5.74, 6) is -0.919. The predicted molar refractivity (Wildman–Crippen MR) is 343 cm³/mol. The monoisotopic (exact) mass is 1090 g/mol. The highest BCUT2D eigenvalue weighted by atomic mass is 16.6. The van der Waals surface area contributed by atoms with E-state index in [4.69, 9.17) is 14.2 Å². The molecule has 0 fully saturated rings. The fraction of sp³-hybridized carbons (Fsp3) is 0.630. The lowest BCUT2D eigenvalue weighted by Gasteiger charge is -2.18. The van der Waals surface area contributed by atoms with Gasteiger partial charge in [0.05, 0.1) is 0 Å². The van der Waals surface area contributed by atoms with E-state index in [0.717, 1.165) is 154 Å².